The SMILES string of the molecule is COCc1cnc(N2CCC(N3C=CN(C)c4ccccc43)CC2)nc1. The molecule has 2 aliphatic heterocycles. The average molecular weight is 351 g/mol. The normalized spacial score (nSPS) is 17.5. The molecule has 0 radical (unpaired) electrons. The topological polar surface area (TPSA) is 44.7 Å². The molecule has 26 heavy (non-hydrogen) atoms. The highest BCUT2D eigenvalue weighted by Gasteiger charge is 2.28. The largest absolute Gasteiger partial charge is 0.380 e. The van der Waals surface area contributed by atoms with Crippen molar-refractivity contribution in [2.75, 3.05) is 41.9 Å². The van der Waals surface area contributed by atoms with E-state index in [1.165, 1.54) is 11.4 Å². The lowest BCUT2D eigenvalue weighted by molar-refractivity contribution is 0.184. The first-order valence-corrected chi connectivity index (χ1v) is 9.09. The first-order chi connectivity index (χ1) is 12.8. The Kier molecular flexibility index (Phi) is 4.75. The molecule has 0 amide bonds. The van der Waals surface area contributed by atoms with Crippen LogP contribution < -0.4 is 14.7 Å². The van der Waals surface area contributed by atoms with Gasteiger partial charge in [-0.2, -0.15) is 0 Å². The van der Waals surface area contributed by atoms with E-state index in [9.17, 15) is 0 Å². The van der Waals surface area contributed by atoms with Gasteiger partial charge in [0.15, 0.2) is 0 Å². The van der Waals surface area contributed by atoms with Crippen LogP contribution in [0, 0.1) is 0 Å². The lowest BCUT2D eigenvalue weighted by atomic mass is 10.0. The molecule has 0 N–H and O–H groups in total. The summed E-state index contributed by atoms with van der Waals surface area (Å²) >= 11 is 0. The van der Waals surface area contributed by atoms with Crippen LogP contribution in [0.1, 0.15) is 18.4 Å². The van der Waals surface area contributed by atoms with Crippen LogP contribution in [0.4, 0.5) is 17.3 Å². The summed E-state index contributed by atoms with van der Waals surface area (Å²) in [6.07, 6.45) is 10.2. The summed E-state index contributed by atoms with van der Waals surface area (Å²) in [5.41, 5.74) is 3.55. The summed E-state index contributed by atoms with van der Waals surface area (Å²) in [5.74, 6) is 0.817. The van der Waals surface area contributed by atoms with Crippen LogP contribution in [-0.4, -0.2) is 43.3 Å². The monoisotopic (exact) mass is 351 g/mol. The molecular formula is C20H25N5O. The molecule has 1 aromatic heterocycles. The molecule has 1 saturated heterocycles. The number of piperidine rings is 1. The molecule has 0 saturated carbocycles. The van der Waals surface area contributed by atoms with Crippen molar-refractivity contribution in [1.82, 2.24) is 9.97 Å². The van der Waals surface area contributed by atoms with Crippen LogP contribution in [0.2, 0.25) is 0 Å². The molecule has 136 valence electrons. The Labute approximate surface area is 154 Å². The Bertz CT molecular complexity index is 768. The van der Waals surface area contributed by atoms with Crippen LogP contribution in [0.15, 0.2) is 49.1 Å². The zero-order chi connectivity index (χ0) is 17.9. The number of methoxy groups -OCH3 is 1. The Morgan fingerprint density at radius 2 is 1.73 bits per heavy atom. The maximum absolute atomic E-state index is 5.12. The fourth-order valence-electron chi connectivity index (χ4n) is 3.73. The minimum atomic E-state index is 0.505. The molecule has 4 rings (SSSR count). The number of benzene rings is 1. The molecule has 0 bridgehead atoms. The summed E-state index contributed by atoms with van der Waals surface area (Å²) in [4.78, 5) is 15.9. The molecule has 0 spiro atoms. The first kappa shape index (κ1) is 16.8. The Hall–Kier alpha value is -2.60. The van der Waals surface area contributed by atoms with E-state index < -0.39 is 0 Å². The first-order valence-electron chi connectivity index (χ1n) is 9.09. The van der Waals surface area contributed by atoms with E-state index in [-0.39, 0.29) is 0 Å². The number of nitrogens with zero attached hydrogens (tertiary/aromatic N) is 5. The zero-order valence-electron chi connectivity index (χ0n) is 15.4. The van der Waals surface area contributed by atoms with Crippen molar-refractivity contribution in [3.05, 3.63) is 54.6 Å². The molecular weight excluding hydrogens is 326 g/mol. The fourth-order valence-corrected chi connectivity index (χ4v) is 3.73. The van der Waals surface area contributed by atoms with Crippen molar-refractivity contribution in [3.8, 4) is 0 Å². The van der Waals surface area contributed by atoms with Gasteiger partial charge in [0, 0.05) is 63.6 Å². The third-order valence-corrected chi connectivity index (χ3v) is 5.13. The second-order valence-corrected chi connectivity index (χ2v) is 6.85. The maximum atomic E-state index is 5.12. The van der Waals surface area contributed by atoms with Crippen molar-refractivity contribution in [1.29, 1.82) is 0 Å². The number of hydrogen-bond donors (Lipinski definition) is 0. The number of aromatic nitrogens is 2. The molecule has 6 nitrogen and oxygen atoms in total. The Morgan fingerprint density at radius 1 is 1.04 bits per heavy atom. The van der Waals surface area contributed by atoms with E-state index in [1.807, 2.05) is 12.4 Å². The van der Waals surface area contributed by atoms with Crippen LogP contribution >= 0.6 is 0 Å². The van der Waals surface area contributed by atoms with Gasteiger partial charge >= 0.3 is 0 Å². The lowest BCUT2D eigenvalue weighted by Crippen LogP contribution is -2.44. The van der Waals surface area contributed by atoms with Gasteiger partial charge in [-0.05, 0) is 25.0 Å². The van der Waals surface area contributed by atoms with E-state index in [4.69, 9.17) is 4.74 Å². The highest BCUT2D eigenvalue weighted by molar-refractivity contribution is 5.76. The van der Waals surface area contributed by atoms with Gasteiger partial charge in [0.25, 0.3) is 0 Å². The molecule has 0 unspecified atom stereocenters. The third-order valence-electron chi connectivity index (χ3n) is 5.13. The quantitative estimate of drug-likeness (QED) is 0.844. The molecule has 1 fully saturated rings. The second kappa shape index (κ2) is 7.33. The molecule has 0 atom stereocenters. The van der Waals surface area contributed by atoms with Gasteiger partial charge in [-0.15, -0.1) is 0 Å². The van der Waals surface area contributed by atoms with Gasteiger partial charge in [-0.1, -0.05) is 12.1 Å². The van der Waals surface area contributed by atoms with Crippen LogP contribution in [-0.2, 0) is 11.3 Å². The van der Waals surface area contributed by atoms with E-state index in [0.717, 1.165) is 37.4 Å². The lowest BCUT2D eigenvalue weighted by Gasteiger charge is -2.41. The number of anilines is 3. The minimum Gasteiger partial charge on any atom is -0.380 e. The van der Waals surface area contributed by atoms with Crippen LogP contribution in [0.3, 0.4) is 0 Å². The Balaban J connectivity index is 1.43. The predicted octanol–water partition coefficient (Wildman–Crippen LogP) is 3.02. The van der Waals surface area contributed by atoms with Crippen molar-refractivity contribution in [3.63, 3.8) is 0 Å². The molecule has 0 aliphatic carbocycles. The molecule has 6 heteroatoms. The van der Waals surface area contributed by atoms with Crippen LogP contribution in [0.25, 0.3) is 0 Å². The number of para-hydroxylation sites is 2. The fraction of sp³-hybridized carbons (Fsp3) is 0.400. The van der Waals surface area contributed by atoms with Crippen molar-refractivity contribution in [2.45, 2.75) is 25.5 Å². The Morgan fingerprint density at radius 3 is 2.42 bits per heavy atom. The second-order valence-electron chi connectivity index (χ2n) is 6.85. The third kappa shape index (κ3) is 3.24. The van der Waals surface area contributed by atoms with Gasteiger partial charge in [0.1, 0.15) is 0 Å². The van der Waals surface area contributed by atoms with E-state index in [0.29, 0.717) is 12.6 Å². The van der Waals surface area contributed by atoms with E-state index in [1.54, 1.807) is 7.11 Å². The highest BCUT2D eigenvalue weighted by Crippen LogP contribution is 2.35. The summed E-state index contributed by atoms with van der Waals surface area (Å²) in [5, 5.41) is 0. The van der Waals surface area contributed by atoms with E-state index >= 15 is 0 Å². The number of fused-ring (bicyclic) bond motifs is 1. The van der Waals surface area contributed by atoms with Gasteiger partial charge in [0.2, 0.25) is 5.95 Å². The van der Waals surface area contributed by atoms with Gasteiger partial charge in [0.05, 0.1) is 18.0 Å². The van der Waals surface area contributed by atoms with E-state index in [2.05, 4.69) is 68.4 Å². The van der Waals surface area contributed by atoms with Crippen molar-refractivity contribution in [2.24, 2.45) is 0 Å². The summed E-state index contributed by atoms with van der Waals surface area (Å²) < 4.78 is 5.12. The van der Waals surface area contributed by atoms with Gasteiger partial charge < -0.3 is 19.4 Å². The average Bonchev–Trinajstić information content (AvgIpc) is 2.70. The summed E-state index contributed by atoms with van der Waals surface area (Å²) in [6, 6.07) is 9.10. The number of hydrogen-bond acceptors (Lipinski definition) is 6. The maximum Gasteiger partial charge on any atom is 0.225 e. The smallest absolute Gasteiger partial charge is 0.225 e. The predicted molar refractivity (Wildman–Crippen MR) is 104 cm³/mol. The van der Waals surface area contributed by atoms with Gasteiger partial charge in [-0.25, -0.2) is 9.97 Å². The molecule has 3 heterocycles. The highest BCUT2D eigenvalue weighted by atomic mass is 16.5. The van der Waals surface area contributed by atoms with Crippen molar-refractivity contribution < 1.29 is 4.74 Å². The van der Waals surface area contributed by atoms with Crippen LogP contribution in [0.5, 0.6) is 0 Å². The number of ether oxygens (including phenoxy) is 1. The summed E-state index contributed by atoms with van der Waals surface area (Å²) in [7, 11) is 3.78. The molecule has 2 aliphatic rings. The molecule has 1 aromatic carbocycles. The summed E-state index contributed by atoms with van der Waals surface area (Å²) in [6.45, 7) is 2.49. The number of rotatable bonds is 4. The van der Waals surface area contributed by atoms with Gasteiger partial charge in [-0.3, -0.25) is 0 Å². The zero-order valence-corrected chi connectivity index (χ0v) is 15.4. The minimum absolute atomic E-state index is 0.505. The standard InChI is InChI=1S/C20H25N5O/c1-23-11-12-25(19-6-4-3-5-18(19)23)17-7-9-24(10-8-17)20-21-13-16(14-22-20)15-26-2/h3-6,11-14,17H,7-10,15H2,1-2H3. The molecule has 2 aromatic rings. The van der Waals surface area contributed by atoms with Crippen molar-refractivity contribution >= 4 is 17.3 Å².